The second-order valence-electron chi connectivity index (χ2n) is 7.43. The minimum atomic E-state index is -0.902. The first-order valence-corrected chi connectivity index (χ1v) is 10.3. The number of carbonyl (C=O) groups is 2. The Hall–Kier alpha value is -3.80. The van der Waals surface area contributed by atoms with E-state index in [0.717, 1.165) is 28.3 Å². The van der Waals surface area contributed by atoms with Gasteiger partial charge in [0.15, 0.2) is 6.29 Å². The third-order valence-corrected chi connectivity index (χ3v) is 5.50. The topological polar surface area (TPSA) is 55.4 Å². The van der Waals surface area contributed by atoms with Crippen molar-refractivity contribution in [1.29, 1.82) is 0 Å². The van der Waals surface area contributed by atoms with Crippen LogP contribution in [0.4, 0.5) is 13.6 Å². The summed E-state index contributed by atoms with van der Waals surface area (Å²) < 4.78 is 32.8. The van der Waals surface area contributed by atoms with Gasteiger partial charge in [-0.3, -0.25) is 4.79 Å². The molecule has 0 atom stereocenters. The highest BCUT2D eigenvalue weighted by Crippen LogP contribution is 2.44. The van der Waals surface area contributed by atoms with Crippen LogP contribution in [-0.2, 0) is 4.74 Å². The molecule has 32 heavy (non-hydrogen) atoms. The van der Waals surface area contributed by atoms with Crippen LogP contribution in [0.1, 0.15) is 39.4 Å². The molecule has 1 amide bonds. The molecule has 0 spiro atoms. The van der Waals surface area contributed by atoms with Crippen molar-refractivity contribution < 1.29 is 23.1 Å². The van der Waals surface area contributed by atoms with Crippen molar-refractivity contribution in [3.05, 3.63) is 101 Å². The zero-order chi connectivity index (χ0) is 22.5. The molecule has 0 heterocycles. The Labute approximate surface area is 184 Å². The molecule has 3 aromatic rings. The number of halogens is 2. The van der Waals surface area contributed by atoms with Crippen molar-refractivity contribution in [2.75, 3.05) is 13.2 Å². The van der Waals surface area contributed by atoms with Gasteiger partial charge in [-0.15, -0.1) is 0 Å². The quantitative estimate of drug-likeness (QED) is 0.383. The average molecular weight is 433 g/mol. The number of alkyl carbamates (subject to hydrolysis) is 1. The summed E-state index contributed by atoms with van der Waals surface area (Å²) in [5.74, 6) is -1.81. The van der Waals surface area contributed by atoms with Gasteiger partial charge in [0.2, 0.25) is 0 Å². The lowest BCUT2D eigenvalue weighted by atomic mass is 9.98. The number of rotatable bonds is 7. The van der Waals surface area contributed by atoms with Gasteiger partial charge < -0.3 is 10.1 Å². The number of nitrogens with one attached hydrogen (secondary N) is 1. The fourth-order valence-electron chi connectivity index (χ4n) is 3.94. The number of hydrogen-bond donors (Lipinski definition) is 1. The fourth-order valence-corrected chi connectivity index (χ4v) is 3.94. The van der Waals surface area contributed by atoms with Crippen molar-refractivity contribution in [2.45, 2.75) is 12.3 Å². The predicted octanol–water partition coefficient (Wildman–Crippen LogP) is 5.72. The number of benzene rings is 3. The van der Waals surface area contributed by atoms with E-state index in [1.807, 2.05) is 24.3 Å². The summed E-state index contributed by atoms with van der Waals surface area (Å²) in [5, 5.41) is 2.66. The van der Waals surface area contributed by atoms with Gasteiger partial charge in [-0.05, 0) is 40.8 Å². The van der Waals surface area contributed by atoms with E-state index >= 15 is 0 Å². The molecule has 4 rings (SSSR count). The lowest BCUT2D eigenvalue weighted by molar-refractivity contribution is 0.111. The van der Waals surface area contributed by atoms with Crippen LogP contribution in [0.3, 0.4) is 0 Å². The molecule has 1 aliphatic rings. The van der Waals surface area contributed by atoms with E-state index in [9.17, 15) is 18.4 Å². The first kappa shape index (κ1) is 21.4. The molecular weight excluding hydrogens is 412 g/mol. The summed E-state index contributed by atoms with van der Waals surface area (Å²) in [7, 11) is 0. The first-order chi connectivity index (χ1) is 15.6. The fraction of sp³-hybridized carbons (Fsp3) is 0.154. The summed E-state index contributed by atoms with van der Waals surface area (Å²) in [6, 6.07) is 18.5. The van der Waals surface area contributed by atoms with Gasteiger partial charge in [0.25, 0.3) is 0 Å². The van der Waals surface area contributed by atoms with Crippen LogP contribution in [0.25, 0.3) is 17.2 Å². The van der Waals surface area contributed by atoms with Crippen LogP contribution >= 0.6 is 0 Å². The molecule has 6 heteroatoms. The van der Waals surface area contributed by atoms with E-state index in [0.29, 0.717) is 6.42 Å². The molecule has 1 aliphatic carbocycles. The van der Waals surface area contributed by atoms with Crippen LogP contribution in [-0.4, -0.2) is 25.5 Å². The van der Waals surface area contributed by atoms with Crippen LogP contribution in [0.5, 0.6) is 0 Å². The predicted molar refractivity (Wildman–Crippen MR) is 118 cm³/mol. The zero-order valence-corrected chi connectivity index (χ0v) is 17.2. The van der Waals surface area contributed by atoms with Crippen LogP contribution in [0, 0.1) is 11.6 Å². The molecule has 0 unspecified atom stereocenters. The van der Waals surface area contributed by atoms with Crippen molar-refractivity contribution in [1.82, 2.24) is 5.32 Å². The molecule has 0 fully saturated rings. The summed E-state index contributed by atoms with van der Waals surface area (Å²) >= 11 is 0. The highest BCUT2D eigenvalue weighted by molar-refractivity contribution is 5.79. The standard InChI is InChI=1S/C26H21F2NO3/c27-24-13-12-17(25(28)22(24)15-30)7-5-6-14-29-26(31)32-16-23-20-10-3-1-8-18(20)19-9-2-4-11-21(19)23/h1-5,7-13,15,23H,6,14,16H2,(H,29,31). The van der Waals surface area contributed by atoms with Crippen molar-refractivity contribution in [3.8, 4) is 11.1 Å². The highest BCUT2D eigenvalue weighted by Gasteiger charge is 2.28. The van der Waals surface area contributed by atoms with E-state index in [-0.39, 0.29) is 30.9 Å². The molecule has 3 aromatic carbocycles. The molecule has 0 saturated heterocycles. The van der Waals surface area contributed by atoms with Crippen molar-refractivity contribution >= 4 is 18.5 Å². The summed E-state index contributed by atoms with van der Waals surface area (Å²) in [6.07, 6.45) is 3.12. The Balaban J connectivity index is 1.29. The van der Waals surface area contributed by atoms with Gasteiger partial charge >= 0.3 is 6.09 Å². The first-order valence-electron chi connectivity index (χ1n) is 10.3. The second kappa shape index (κ2) is 9.56. The molecule has 1 N–H and O–H groups in total. The zero-order valence-electron chi connectivity index (χ0n) is 17.2. The molecule has 0 bridgehead atoms. The normalized spacial score (nSPS) is 12.4. The third kappa shape index (κ3) is 4.30. The van der Waals surface area contributed by atoms with Crippen LogP contribution < -0.4 is 5.32 Å². The minimum Gasteiger partial charge on any atom is -0.449 e. The van der Waals surface area contributed by atoms with Crippen molar-refractivity contribution in [3.63, 3.8) is 0 Å². The largest absolute Gasteiger partial charge is 0.449 e. The Morgan fingerprint density at radius 3 is 2.28 bits per heavy atom. The van der Waals surface area contributed by atoms with E-state index in [2.05, 4.69) is 29.6 Å². The third-order valence-electron chi connectivity index (χ3n) is 5.50. The molecule has 0 aromatic heterocycles. The molecular formula is C26H21F2NO3. The highest BCUT2D eigenvalue weighted by atomic mass is 19.1. The average Bonchev–Trinajstić information content (AvgIpc) is 3.13. The maximum Gasteiger partial charge on any atom is 0.407 e. The van der Waals surface area contributed by atoms with Crippen LogP contribution in [0.2, 0.25) is 0 Å². The smallest absolute Gasteiger partial charge is 0.407 e. The van der Waals surface area contributed by atoms with Gasteiger partial charge in [-0.25, -0.2) is 13.6 Å². The Morgan fingerprint density at radius 1 is 0.969 bits per heavy atom. The number of amides is 1. The van der Waals surface area contributed by atoms with Crippen LogP contribution in [0.15, 0.2) is 66.7 Å². The van der Waals surface area contributed by atoms with E-state index in [4.69, 9.17) is 4.74 Å². The molecule has 0 saturated carbocycles. The van der Waals surface area contributed by atoms with Gasteiger partial charge in [-0.2, -0.15) is 0 Å². The Bertz CT molecular complexity index is 1140. The maximum absolute atomic E-state index is 14.0. The van der Waals surface area contributed by atoms with E-state index in [1.165, 1.54) is 12.1 Å². The Kier molecular flexibility index (Phi) is 6.40. The number of carbonyl (C=O) groups excluding carboxylic acids is 2. The molecule has 0 aliphatic heterocycles. The van der Waals surface area contributed by atoms with Gasteiger partial charge in [-0.1, -0.05) is 60.7 Å². The number of fused-ring (bicyclic) bond motifs is 3. The monoisotopic (exact) mass is 433 g/mol. The van der Waals surface area contributed by atoms with Crippen molar-refractivity contribution in [2.24, 2.45) is 0 Å². The Morgan fingerprint density at radius 2 is 1.62 bits per heavy atom. The number of aldehydes is 1. The van der Waals surface area contributed by atoms with Gasteiger partial charge in [0.1, 0.15) is 18.2 Å². The second-order valence-corrected chi connectivity index (χ2v) is 7.43. The lowest BCUT2D eigenvalue weighted by Gasteiger charge is -2.14. The molecule has 4 nitrogen and oxygen atoms in total. The summed E-state index contributed by atoms with van der Waals surface area (Å²) in [5.41, 5.74) is 4.11. The molecule has 0 radical (unpaired) electrons. The number of ether oxygens (including phenoxy) is 1. The summed E-state index contributed by atoms with van der Waals surface area (Å²) in [6.45, 7) is 0.515. The SMILES string of the molecule is O=Cc1c(F)ccc(C=CCCNC(=O)OCC2c3ccccc3-c3ccccc32)c1F. The minimum absolute atomic E-state index is 0.0125. The van der Waals surface area contributed by atoms with E-state index in [1.54, 1.807) is 6.08 Å². The summed E-state index contributed by atoms with van der Waals surface area (Å²) in [4.78, 5) is 22.9. The number of hydrogen-bond acceptors (Lipinski definition) is 3. The van der Waals surface area contributed by atoms with E-state index < -0.39 is 23.3 Å². The van der Waals surface area contributed by atoms with Gasteiger partial charge in [0.05, 0.1) is 5.56 Å². The van der Waals surface area contributed by atoms with Gasteiger partial charge in [0, 0.05) is 18.0 Å². The maximum atomic E-state index is 14.0. The lowest BCUT2D eigenvalue weighted by Crippen LogP contribution is -2.26. The molecule has 162 valence electrons.